The number of carbonyl (C=O) groups excluding carboxylic acids is 1. The molecule has 5 nitrogen and oxygen atoms in total. The topological polar surface area (TPSA) is 66.5 Å². The highest BCUT2D eigenvalue weighted by Crippen LogP contribution is 2.20. The minimum Gasteiger partial charge on any atom is -0.354 e. The van der Waals surface area contributed by atoms with Crippen LogP contribution in [0.1, 0.15) is 39.5 Å². The number of nitrogens with zero attached hydrogens (tertiary/aromatic N) is 1. The van der Waals surface area contributed by atoms with Crippen LogP contribution >= 0.6 is 0 Å². The van der Waals surface area contributed by atoms with Gasteiger partial charge in [-0.3, -0.25) is 4.79 Å². The number of nitrogens with one attached hydrogen (secondary N) is 1. The van der Waals surface area contributed by atoms with Gasteiger partial charge < -0.3 is 5.32 Å². The molecule has 0 bridgehead atoms. The first-order chi connectivity index (χ1) is 8.40. The van der Waals surface area contributed by atoms with Crippen molar-refractivity contribution < 1.29 is 13.2 Å². The van der Waals surface area contributed by atoms with Crippen molar-refractivity contribution in [1.82, 2.24) is 9.62 Å². The molecule has 1 fully saturated rings. The molecule has 1 amide bonds. The van der Waals surface area contributed by atoms with E-state index in [1.165, 1.54) is 10.6 Å². The van der Waals surface area contributed by atoms with Crippen molar-refractivity contribution in [2.24, 2.45) is 5.92 Å². The number of carbonyl (C=O) groups is 1. The molecule has 0 aromatic rings. The lowest BCUT2D eigenvalue weighted by Crippen LogP contribution is -2.46. The monoisotopic (exact) mass is 276 g/mol. The summed E-state index contributed by atoms with van der Waals surface area (Å²) in [5.74, 6) is 0.326. The maximum absolute atomic E-state index is 12.0. The molecule has 0 radical (unpaired) electrons. The summed E-state index contributed by atoms with van der Waals surface area (Å²) in [6.45, 7) is 5.29. The molecular formula is C12H24N2O3S. The summed E-state index contributed by atoms with van der Waals surface area (Å²) >= 11 is 0. The van der Waals surface area contributed by atoms with E-state index in [0.29, 0.717) is 25.4 Å². The number of rotatable bonds is 6. The molecule has 1 aliphatic rings. The van der Waals surface area contributed by atoms with Gasteiger partial charge in [-0.05, 0) is 18.8 Å². The lowest BCUT2D eigenvalue weighted by Gasteiger charge is -2.22. The van der Waals surface area contributed by atoms with Gasteiger partial charge >= 0.3 is 0 Å². The van der Waals surface area contributed by atoms with Crippen molar-refractivity contribution in [1.29, 1.82) is 0 Å². The van der Waals surface area contributed by atoms with Crippen LogP contribution < -0.4 is 5.32 Å². The number of amides is 1. The fourth-order valence-electron chi connectivity index (χ4n) is 2.34. The number of hydrogen-bond acceptors (Lipinski definition) is 3. The van der Waals surface area contributed by atoms with Crippen LogP contribution in [0, 0.1) is 5.92 Å². The molecule has 1 aliphatic heterocycles. The normalized spacial score (nSPS) is 21.4. The molecule has 1 N–H and O–H groups in total. The molecule has 1 heterocycles. The van der Waals surface area contributed by atoms with E-state index in [2.05, 4.69) is 19.2 Å². The highest BCUT2D eigenvalue weighted by atomic mass is 32.2. The summed E-state index contributed by atoms with van der Waals surface area (Å²) in [4.78, 5) is 12.0. The Balaban J connectivity index is 2.56. The van der Waals surface area contributed by atoms with Crippen LogP contribution in [0.4, 0.5) is 0 Å². The summed E-state index contributed by atoms with van der Waals surface area (Å²) in [7, 11) is -3.27. The Morgan fingerprint density at radius 1 is 1.39 bits per heavy atom. The Hall–Kier alpha value is -0.620. The quantitative estimate of drug-likeness (QED) is 0.786. The molecule has 6 heteroatoms. The van der Waals surface area contributed by atoms with Crippen molar-refractivity contribution in [2.45, 2.75) is 45.6 Å². The SMILES string of the molecule is CCC(CC)CNC(=O)C1CCCN1S(C)(=O)=O. The zero-order chi connectivity index (χ0) is 13.8. The Kier molecular flexibility index (Phi) is 5.59. The first kappa shape index (κ1) is 15.4. The maximum atomic E-state index is 12.0. The first-order valence-electron chi connectivity index (χ1n) is 6.64. The zero-order valence-electron chi connectivity index (χ0n) is 11.5. The summed E-state index contributed by atoms with van der Waals surface area (Å²) in [6.07, 6.45) is 4.60. The van der Waals surface area contributed by atoms with Gasteiger partial charge in [0.1, 0.15) is 6.04 Å². The van der Waals surface area contributed by atoms with E-state index in [1.54, 1.807) is 0 Å². The van der Waals surface area contributed by atoms with Crippen molar-refractivity contribution in [3.05, 3.63) is 0 Å². The molecule has 0 spiro atoms. The average molecular weight is 276 g/mol. The molecule has 0 saturated carbocycles. The summed E-state index contributed by atoms with van der Waals surface area (Å²) in [5.41, 5.74) is 0. The van der Waals surface area contributed by atoms with Crippen LogP contribution in [-0.2, 0) is 14.8 Å². The van der Waals surface area contributed by atoms with Crippen molar-refractivity contribution >= 4 is 15.9 Å². The largest absolute Gasteiger partial charge is 0.354 e. The van der Waals surface area contributed by atoms with E-state index in [9.17, 15) is 13.2 Å². The molecular weight excluding hydrogens is 252 g/mol. The molecule has 1 unspecified atom stereocenters. The predicted octanol–water partition coefficient (Wildman–Crippen LogP) is 0.963. The Morgan fingerprint density at radius 2 is 2.00 bits per heavy atom. The van der Waals surface area contributed by atoms with Gasteiger partial charge in [0.2, 0.25) is 15.9 Å². The maximum Gasteiger partial charge on any atom is 0.238 e. The number of hydrogen-bond donors (Lipinski definition) is 1. The van der Waals surface area contributed by atoms with Gasteiger partial charge in [-0.15, -0.1) is 0 Å². The van der Waals surface area contributed by atoms with Crippen LogP contribution in [0.15, 0.2) is 0 Å². The second-order valence-electron chi connectivity index (χ2n) is 4.96. The van der Waals surface area contributed by atoms with Crippen LogP contribution in [0.2, 0.25) is 0 Å². The van der Waals surface area contributed by atoms with E-state index >= 15 is 0 Å². The zero-order valence-corrected chi connectivity index (χ0v) is 12.3. The smallest absolute Gasteiger partial charge is 0.238 e. The van der Waals surface area contributed by atoms with E-state index in [0.717, 1.165) is 19.3 Å². The molecule has 1 atom stereocenters. The Morgan fingerprint density at radius 3 is 2.50 bits per heavy atom. The Bertz CT molecular complexity index is 377. The Labute approximate surface area is 110 Å². The minimum atomic E-state index is -3.27. The second-order valence-corrected chi connectivity index (χ2v) is 6.89. The molecule has 1 saturated heterocycles. The van der Waals surface area contributed by atoms with Gasteiger partial charge in [-0.2, -0.15) is 4.31 Å². The minimum absolute atomic E-state index is 0.148. The standard InChI is InChI=1S/C12H24N2O3S/c1-4-10(5-2)9-13-12(15)11-7-6-8-14(11)18(3,16)17/h10-11H,4-9H2,1-3H3,(H,13,15). The molecule has 106 valence electrons. The van der Waals surface area contributed by atoms with E-state index in [4.69, 9.17) is 0 Å². The highest BCUT2D eigenvalue weighted by Gasteiger charge is 2.36. The molecule has 18 heavy (non-hydrogen) atoms. The fraction of sp³-hybridized carbons (Fsp3) is 0.917. The van der Waals surface area contributed by atoms with Gasteiger partial charge in [0.15, 0.2) is 0 Å². The third kappa shape index (κ3) is 3.95. The van der Waals surface area contributed by atoms with Gasteiger partial charge in [-0.1, -0.05) is 26.7 Å². The first-order valence-corrected chi connectivity index (χ1v) is 8.49. The summed E-state index contributed by atoms with van der Waals surface area (Å²) in [6, 6.07) is -0.505. The average Bonchev–Trinajstić information content (AvgIpc) is 2.78. The molecule has 0 aliphatic carbocycles. The number of sulfonamides is 1. The highest BCUT2D eigenvalue weighted by molar-refractivity contribution is 7.88. The van der Waals surface area contributed by atoms with Crippen LogP contribution in [0.5, 0.6) is 0 Å². The molecule has 0 aromatic heterocycles. The predicted molar refractivity (Wildman–Crippen MR) is 71.7 cm³/mol. The lowest BCUT2D eigenvalue weighted by molar-refractivity contribution is -0.124. The summed E-state index contributed by atoms with van der Waals surface area (Å²) < 4.78 is 24.4. The summed E-state index contributed by atoms with van der Waals surface area (Å²) in [5, 5.41) is 2.88. The van der Waals surface area contributed by atoms with E-state index < -0.39 is 16.1 Å². The van der Waals surface area contributed by atoms with Gasteiger partial charge in [0.25, 0.3) is 0 Å². The van der Waals surface area contributed by atoms with E-state index in [1.807, 2.05) is 0 Å². The van der Waals surface area contributed by atoms with Crippen LogP contribution in [0.3, 0.4) is 0 Å². The van der Waals surface area contributed by atoms with Crippen molar-refractivity contribution in [3.8, 4) is 0 Å². The van der Waals surface area contributed by atoms with Gasteiger partial charge in [0.05, 0.1) is 6.26 Å². The van der Waals surface area contributed by atoms with Crippen LogP contribution in [0.25, 0.3) is 0 Å². The third-order valence-electron chi connectivity index (χ3n) is 3.65. The molecule has 0 aromatic carbocycles. The molecule has 1 rings (SSSR count). The van der Waals surface area contributed by atoms with Crippen LogP contribution in [-0.4, -0.2) is 44.0 Å². The van der Waals surface area contributed by atoms with Crippen molar-refractivity contribution in [2.75, 3.05) is 19.3 Å². The van der Waals surface area contributed by atoms with Gasteiger partial charge in [-0.25, -0.2) is 8.42 Å². The third-order valence-corrected chi connectivity index (χ3v) is 4.94. The van der Waals surface area contributed by atoms with Crippen molar-refractivity contribution in [3.63, 3.8) is 0 Å². The second kappa shape index (κ2) is 6.52. The van der Waals surface area contributed by atoms with E-state index in [-0.39, 0.29) is 5.91 Å². The van der Waals surface area contributed by atoms with Gasteiger partial charge in [0, 0.05) is 13.1 Å². The fourth-order valence-corrected chi connectivity index (χ4v) is 3.46. The lowest BCUT2D eigenvalue weighted by atomic mass is 10.0.